The summed E-state index contributed by atoms with van der Waals surface area (Å²) in [4.78, 5) is 5.50. The molecule has 0 spiro atoms. The van der Waals surface area contributed by atoms with Gasteiger partial charge in [-0.3, -0.25) is 4.90 Å². The number of sulfonamides is 1. The summed E-state index contributed by atoms with van der Waals surface area (Å²) in [5.41, 5.74) is 1.15. The van der Waals surface area contributed by atoms with Crippen molar-refractivity contribution in [2.45, 2.75) is 37.6 Å². The first-order valence-electron chi connectivity index (χ1n) is 9.45. The highest BCUT2D eigenvalue weighted by Crippen LogP contribution is 2.21. The van der Waals surface area contributed by atoms with Crippen molar-refractivity contribution in [1.29, 1.82) is 0 Å². The van der Waals surface area contributed by atoms with E-state index < -0.39 is 10.0 Å². The summed E-state index contributed by atoms with van der Waals surface area (Å²) in [5, 5.41) is 0. The molecule has 1 aliphatic rings. The number of anilines is 1. The average molecular weight is 391 g/mol. The van der Waals surface area contributed by atoms with Gasteiger partial charge in [0.15, 0.2) is 0 Å². The quantitative estimate of drug-likeness (QED) is 0.729. The van der Waals surface area contributed by atoms with Crippen molar-refractivity contribution >= 4 is 15.8 Å². The van der Waals surface area contributed by atoms with Crippen LogP contribution >= 0.6 is 0 Å². The number of aromatic nitrogens is 1. The van der Waals surface area contributed by atoms with Crippen LogP contribution in [0.4, 0.5) is 5.82 Å². The average Bonchev–Trinajstić information content (AvgIpc) is 2.70. The Morgan fingerprint density at radius 3 is 2.37 bits per heavy atom. The maximum Gasteiger partial charge on any atom is 0.274 e. The molecule has 1 aromatic heterocycles. The van der Waals surface area contributed by atoms with Gasteiger partial charge in [-0.1, -0.05) is 18.6 Å². The first-order valence-corrected chi connectivity index (χ1v) is 10.9. The molecule has 1 aromatic carbocycles. The van der Waals surface area contributed by atoms with Crippen molar-refractivity contribution in [3.05, 3.63) is 48.2 Å². The topological polar surface area (TPSA) is 64.0 Å². The predicted molar refractivity (Wildman–Crippen MR) is 105 cm³/mol. The zero-order valence-electron chi connectivity index (χ0n) is 16.0. The second kappa shape index (κ2) is 8.71. The Kier molecular flexibility index (Phi) is 6.34. The van der Waals surface area contributed by atoms with E-state index in [9.17, 15) is 8.42 Å². The number of rotatable bonds is 7. The summed E-state index contributed by atoms with van der Waals surface area (Å²) in [5.74, 6) is 1.73. The van der Waals surface area contributed by atoms with E-state index in [-0.39, 0.29) is 0 Å². The largest absolute Gasteiger partial charge is 0.494 e. The maximum absolute atomic E-state index is 12.7. The lowest BCUT2D eigenvalue weighted by Crippen LogP contribution is -2.36. The Bertz CT molecular complexity index is 830. The van der Waals surface area contributed by atoms with E-state index in [0.717, 1.165) is 36.4 Å². The number of nitrogens with zero attached hydrogens (tertiary/aromatic N) is 2. The molecule has 2 heterocycles. The molecule has 0 aliphatic carbocycles. The Morgan fingerprint density at radius 1 is 1.07 bits per heavy atom. The lowest BCUT2D eigenvalue weighted by Gasteiger charge is -2.25. The van der Waals surface area contributed by atoms with Crippen LogP contribution in [-0.2, 0) is 16.6 Å². The highest BCUT2D eigenvalue weighted by molar-refractivity contribution is 7.89. The monoisotopic (exact) mass is 390 g/mol. The van der Waals surface area contributed by atoms with Crippen molar-refractivity contribution in [2.75, 3.05) is 31.6 Å². The van der Waals surface area contributed by atoms with Crippen LogP contribution < -0.4 is 14.6 Å². The van der Waals surface area contributed by atoms with Gasteiger partial charge < -0.3 is 4.74 Å². The Labute approximate surface area is 161 Å². The smallest absolute Gasteiger partial charge is 0.274 e. The van der Waals surface area contributed by atoms with Gasteiger partial charge in [-0.15, -0.1) is 0 Å². The van der Waals surface area contributed by atoms with Gasteiger partial charge in [0.2, 0.25) is 10.0 Å². The van der Waals surface area contributed by atoms with E-state index >= 15 is 0 Å². The molecule has 0 amide bonds. The summed E-state index contributed by atoms with van der Waals surface area (Å²) in [6.07, 6.45) is 4.57. The molecule has 1 saturated heterocycles. The first kappa shape index (κ1) is 19.6. The third-order valence-electron chi connectivity index (χ3n) is 4.79. The number of hydrogen-bond acceptors (Lipinski definition) is 4. The number of benzene rings is 1. The van der Waals surface area contributed by atoms with E-state index in [1.165, 1.54) is 0 Å². The number of H-pyrrole nitrogens is 1. The molecular weight excluding hydrogens is 362 g/mol. The van der Waals surface area contributed by atoms with Crippen LogP contribution in [0.2, 0.25) is 0 Å². The molecule has 1 aliphatic heterocycles. The minimum atomic E-state index is -3.40. The molecule has 0 bridgehead atoms. The van der Waals surface area contributed by atoms with Gasteiger partial charge >= 0.3 is 0 Å². The molecule has 0 unspecified atom stereocenters. The molecule has 1 N–H and O–H groups in total. The fraction of sp³-hybridized carbons (Fsp3) is 0.450. The van der Waals surface area contributed by atoms with E-state index in [4.69, 9.17) is 4.74 Å². The van der Waals surface area contributed by atoms with E-state index in [1.807, 2.05) is 49.2 Å². The molecule has 0 radical (unpaired) electrons. The highest BCUT2D eigenvalue weighted by atomic mass is 32.2. The van der Waals surface area contributed by atoms with Gasteiger partial charge in [0.25, 0.3) is 5.82 Å². The zero-order valence-corrected chi connectivity index (χ0v) is 16.8. The Morgan fingerprint density at radius 2 is 1.78 bits per heavy atom. The van der Waals surface area contributed by atoms with E-state index in [2.05, 4.69) is 4.98 Å². The number of aromatic amines is 1. The standard InChI is InChI=1S/C20H27N3O3S/c1-3-26-18-9-7-17(8-10-18)16-22(2)20-12-11-19(15-21-20)27(24,25)23-13-5-4-6-14-23/h7-12,15H,3-6,13-14,16H2,1-2H3/p+1. The van der Waals surface area contributed by atoms with Crippen molar-refractivity contribution in [3.8, 4) is 5.75 Å². The SMILES string of the molecule is CCOc1ccc(CN(C)c2ccc(S(=O)(=O)N3CCCCC3)c[nH+]2)cc1. The van der Waals surface area contributed by atoms with E-state index in [0.29, 0.717) is 31.1 Å². The minimum absolute atomic E-state index is 0.322. The van der Waals surface area contributed by atoms with Gasteiger partial charge in [-0.05, 0) is 43.5 Å². The number of ether oxygens (including phenoxy) is 1. The zero-order chi connectivity index (χ0) is 19.3. The number of piperidine rings is 1. The Balaban J connectivity index is 1.67. The second-order valence-electron chi connectivity index (χ2n) is 6.81. The van der Waals surface area contributed by atoms with Gasteiger partial charge in [-0.2, -0.15) is 4.31 Å². The van der Waals surface area contributed by atoms with Gasteiger partial charge in [0.05, 0.1) is 13.7 Å². The molecule has 6 nitrogen and oxygen atoms in total. The van der Waals surface area contributed by atoms with Crippen LogP contribution in [0.25, 0.3) is 0 Å². The number of hydrogen-bond donors (Lipinski definition) is 0. The summed E-state index contributed by atoms with van der Waals surface area (Å²) < 4.78 is 32.5. The molecule has 1 fully saturated rings. The summed E-state index contributed by atoms with van der Waals surface area (Å²) in [6.45, 7) is 4.55. The molecule has 7 heteroatoms. The molecule has 0 atom stereocenters. The summed E-state index contributed by atoms with van der Waals surface area (Å²) in [6, 6.07) is 11.5. The molecule has 3 rings (SSSR count). The van der Waals surface area contributed by atoms with Crippen molar-refractivity contribution in [2.24, 2.45) is 0 Å². The van der Waals surface area contributed by atoms with E-state index in [1.54, 1.807) is 16.6 Å². The molecule has 2 aromatic rings. The van der Waals surface area contributed by atoms with Crippen molar-refractivity contribution < 1.29 is 18.1 Å². The lowest BCUT2D eigenvalue weighted by molar-refractivity contribution is -0.367. The van der Waals surface area contributed by atoms with Gasteiger partial charge in [-0.25, -0.2) is 13.4 Å². The van der Waals surface area contributed by atoms with Crippen LogP contribution in [0.3, 0.4) is 0 Å². The van der Waals surface area contributed by atoms with Crippen LogP contribution in [-0.4, -0.2) is 39.5 Å². The molecule has 0 saturated carbocycles. The second-order valence-corrected chi connectivity index (χ2v) is 8.75. The van der Waals surface area contributed by atoms with Crippen LogP contribution in [0.5, 0.6) is 5.75 Å². The van der Waals surface area contributed by atoms with Gasteiger partial charge in [0, 0.05) is 19.2 Å². The number of nitrogens with one attached hydrogen (secondary N) is 1. The summed E-state index contributed by atoms with van der Waals surface area (Å²) in [7, 11) is -1.43. The van der Waals surface area contributed by atoms with Crippen LogP contribution in [0.1, 0.15) is 31.7 Å². The third kappa shape index (κ3) is 4.78. The Hall–Kier alpha value is -2.12. The van der Waals surface area contributed by atoms with Crippen molar-refractivity contribution in [3.63, 3.8) is 0 Å². The van der Waals surface area contributed by atoms with Crippen LogP contribution in [0, 0.1) is 0 Å². The highest BCUT2D eigenvalue weighted by Gasteiger charge is 2.27. The van der Waals surface area contributed by atoms with Crippen molar-refractivity contribution in [1.82, 2.24) is 4.31 Å². The first-order chi connectivity index (χ1) is 13.0. The third-order valence-corrected chi connectivity index (χ3v) is 6.68. The van der Waals surface area contributed by atoms with Gasteiger partial charge in [0.1, 0.15) is 23.4 Å². The fourth-order valence-electron chi connectivity index (χ4n) is 3.27. The minimum Gasteiger partial charge on any atom is -0.494 e. The lowest BCUT2D eigenvalue weighted by atomic mass is 10.2. The molecular formula is C20H28N3O3S+. The molecule has 27 heavy (non-hydrogen) atoms. The predicted octanol–water partition coefficient (Wildman–Crippen LogP) is 2.71. The fourth-order valence-corrected chi connectivity index (χ4v) is 4.76. The number of pyridine rings is 1. The maximum atomic E-state index is 12.7. The van der Waals surface area contributed by atoms with Crippen LogP contribution in [0.15, 0.2) is 47.5 Å². The normalized spacial score (nSPS) is 15.5. The molecule has 146 valence electrons. The summed E-state index contributed by atoms with van der Waals surface area (Å²) >= 11 is 0.